The van der Waals surface area contributed by atoms with Gasteiger partial charge in [0.15, 0.2) is 0 Å². The molecule has 4 heterocycles. The quantitative estimate of drug-likeness (QED) is 0.892. The van der Waals surface area contributed by atoms with E-state index in [0.717, 1.165) is 12.1 Å². The molecule has 0 aliphatic carbocycles. The standard InChI is InChI=1S/C17H19N5O3/c1-10-7-11(20-25-10)9-22-13-5-6-21(14(13)8-16(22)23)17(24)12-3-2-4-15(18)19-12/h2-4,7,13-14H,5-6,8-9H2,1H3,(H2,18,19)/t13-,14-/m0/s1. The van der Waals surface area contributed by atoms with E-state index in [1.165, 1.54) is 0 Å². The summed E-state index contributed by atoms with van der Waals surface area (Å²) in [7, 11) is 0. The first-order chi connectivity index (χ1) is 12.0. The van der Waals surface area contributed by atoms with Crippen LogP contribution in [-0.2, 0) is 11.3 Å². The molecule has 2 saturated heterocycles. The van der Waals surface area contributed by atoms with Gasteiger partial charge in [0.25, 0.3) is 5.91 Å². The number of anilines is 1. The molecule has 4 rings (SSSR count). The van der Waals surface area contributed by atoms with Gasteiger partial charge in [-0.05, 0) is 25.5 Å². The Morgan fingerprint density at radius 2 is 2.24 bits per heavy atom. The lowest BCUT2D eigenvalue weighted by molar-refractivity contribution is -0.129. The Hall–Kier alpha value is -2.90. The van der Waals surface area contributed by atoms with Crippen molar-refractivity contribution in [1.29, 1.82) is 0 Å². The number of pyridine rings is 1. The average molecular weight is 341 g/mol. The van der Waals surface area contributed by atoms with E-state index in [9.17, 15) is 9.59 Å². The zero-order valence-corrected chi connectivity index (χ0v) is 13.9. The van der Waals surface area contributed by atoms with Gasteiger partial charge in [-0.3, -0.25) is 9.59 Å². The monoisotopic (exact) mass is 341 g/mol. The molecular formula is C17H19N5O3. The van der Waals surface area contributed by atoms with Crippen LogP contribution in [0.5, 0.6) is 0 Å². The van der Waals surface area contributed by atoms with E-state index in [-0.39, 0.29) is 23.9 Å². The smallest absolute Gasteiger partial charge is 0.272 e. The molecule has 0 radical (unpaired) electrons. The number of hydrogen-bond donors (Lipinski definition) is 1. The summed E-state index contributed by atoms with van der Waals surface area (Å²) < 4.78 is 5.08. The van der Waals surface area contributed by atoms with Crippen molar-refractivity contribution in [2.24, 2.45) is 0 Å². The zero-order valence-electron chi connectivity index (χ0n) is 13.9. The maximum atomic E-state index is 12.8. The number of aromatic nitrogens is 2. The van der Waals surface area contributed by atoms with Gasteiger partial charge in [0.1, 0.15) is 23.0 Å². The number of aryl methyl sites for hydroxylation is 1. The predicted octanol–water partition coefficient (Wildman–Crippen LogP) is 0.976. The molecule has 0 bridgehead atoms. The van der Waals surface area contributed by atoms with Crippen molar-refractivity contribution < 1.29 is 14.1 Å². The number of nitrogens with zero attached hydrogens (tertiary/aromatic N) is 4. The highest BCUT2D eigenvalue weighted by Gasteiger charge is 2.48. The van der Waals surface area contributed by atoms with Crippen molar-refractivity contribution in [2.45, 2.75) is 38.4 Å². The number of amides is 2. The fourth-order valence-electron chi connectivity index (χ4n) is 3.77. The summed E-state index contributed by atoms with van der Waals surface area (Å²) in [6, 6.07) is 6.71. The summed E-state index contributed by atoms with van der Waals surface area (Å²) in [6.45, 7) is 2.84. The zero-order chi connectivity index (χ0) is 17.6. The average Bonchev–Trinajstić information content (AvgIpc) is 3.25. The van der Waals surface area contributed by atoms with Gasteiger partial charge >= 0.3 is 0 Å². The van der Waals surface area contributed by atoms with Crippen molar-refractivity contribution in [1.82, 2.24) is 19.9 Å². The molecule has 2 aromatic rings. The van der Waals surface area contributed by atoms with Gasteiger partial charge in [-0.2, -0.15) is 0 Å². The molecule has 0 unspecified atom stereocenters. The molecule has 0 saturated carbocycles. The van der Waals surface area contributed by atoms with Crippen molar-refractivity contribution in [3.8, 4) is 0 Å². The third kappa shape index (κ3) is 2.73. The van der Waals surface area contributed by atoms with Crippen LogP contribution in [0.3, 0.4) is 0 Å². The van der Waals surface area contributed by atoms with Crippen LogP contribution < -0.4 is 5.73 Å². The van der Waals surface area contributed by atoms with Gasteiger partial charge in [-0.25, -0.2) is 4.98 Å². The van der Waals surface area contributed by atoms with Crippen LogP contribution in [0.25, 0.3) is 0 Å². The van der Waals surface area contributed by atoms with Crippen molar-refractivity contribution >= 4 is 17.6 Å². The van der Waals surface area contributed by atoms with E-state index >= 15 is 0 Å². The summed E-state index contributed by atoms with van der Waals surface area (Å²) in [5.41, 5.74) is 6.72. The van der Waals surface area contributed by atoms with Crippen LogP contribution in [0.2, 0.25) is 0 Å². The molecule has 0 spiro atoms. The summed E-state index contributed by atoms with van der Waals surface area (Å²) in [4.78, 5) is 32.9. The van der Waals surface area contributed by atoms with Gasteiger partial charge < -0.3 is 20.1 Å². The lowest BCUT2D eigenvalue weighted by Gasteiger charge is -2.24. The number of nitrogen functional groups attached to an aromatic ring is 1. The molecule has 8 nitrogen and oxygen atoms in total. The van der Waals surface area contributed by atoms with Gasteiger partial charge in [-0.15, -0.1) is 0 Å². The third-order valence-corrected chi connectivity index (χ3v) is 4.87. The third-order valence-electron chi connectivity index (χ3n) is 4.87. The topological polar surface area (TPSA) is 106 Å². The van der Waals surface area contributed by atoms with Gasteiger partial charge in [-0.1, -0.05) is 11.2 Å². The molecular weight excluding hydrogens is 322 g/mol. The summed E-state index contributed by atoms with van der Waals surface area (Å²) in [6.07, 6.45) is 1.08. The largest absolute Gasteiger partial charge is 0.384 e. The number of carbonyl (C=O) groups is 2. The lowest BCUT2D eigenvalue weighted by atomic mass is 10.1. The molecule has 130 valence electrons. The van der Waals surface area contributed by atoms with Gasteiger partial charge in [0.2, 0.25) is 5.91 Å². The van der Waals surface area contributed by atoms with Crippen LogP contribution in [0, 0.1) is 6.92 Å². The molecule has 25 heavy (non-hydrogen) atoms. The second-order valence-corrected chi connectivity index (χ2v) is 6.52. The van der Waals surface area contributed by atoms with E-state index in [2.05, 4.69) is 10.1 Å². The summed E-state index contributed by atoms with van der Waals surface area (Å²) >= 11 is 0. The number of nitrogens with two attached hydrogens (primary N) is 1. The van der Waals surface area contributed by atoms with Crippen LogP contribution >= 0.6 is 0 Å². The van der Waals surface area contributed by atoms with Crippen LogP contribution in [0.4, 0.5) is 5.82 Å². The molecule has 0 aromatic carbocycles. The normalized spacial score (nSPS) is 22.5. The molecule has 8 heteroatoms. The first-order valence-electron chi connectivity index (χ1n) is 8.28. The Kier molecular flexibility index (Phi) is 3.67. The fraction of sp³-hybridized carbons (Fsp3) is 0.412. The first-order valence-corrected chi connectivity index (χ1v) is 8.28. The minimum atomic E-state index is -0.174. The van der Waals surface area contributed by atoms with Crippen LogP contribution in [0.15, 0.2) is 28.8 Å². The molecule has 2 fully saturated rings. The predicted molar refractivity (Wildman–Crippen MR) is 88.3 cm³/mol. The Balaban J connectivity index is 1.52. The van der Waals surface area contributed by atoms with E-state index in [1.807, 2.05) is 17.9 Å². The second kappa shape index (κ2) is 5.87. The maximum Gasteiger partial charge on any atom is 0.272 e. The molecule has 2 aliphatic heterocycles. The highest BCUT2D eigenvalue weighted by atomic mass is 16.5. The van der Waals surface area contributed by atoms with Crippen LogP contribution in [-0.4, -0.2) is 50.4 Å². The Labute approximate surface area is 144 Å². The first kappa shape index (κ1) is 15.6. The maximum absolute atomic E-state index is 12.8. The van der Waals surface area contributed by atoms with Gasteiger partial charge in [0.05, 0.1) is 18.6 Å². The minimum Gasteiger partial charge on any atom is -0.384 e. The lowest BCUT2D eigenvalue weighted by Crippen LogP contribution is -2.40. The van der Waals surface area contributed by atoms with E-state index in [4.69, 9.17) is 10.3 Å². The number of carbonyl (C=O) groups excluding carboxylic acids is 2. The molecule has 2 atom stereocenters. The highest BCUT2D eigenvalue weighted by molar-refractivity contribution is 5.94. The fourth-order valence-corrected chi connectivity index (χ4v) is 3.77. The molecule has 2 amide bonds. The Morgan fingerprint density at radius 1 is 1.40 bits per heavy atom. The number of likely N-dealkylation sites (tertiary alicyclic amines) is 2. The summed E-state index contributed by atoms with van der Waals surface area (Å²) in [5, 5.41) is 3.97. The van der Waals surface area contributed by atoms with E-state index < -0.39 is 0 Å². The Bertz CT molecular complexity index is 833. The van der Waals surface area contributed by atoms with Crippen molar-refractivity contribution in [2.75, 3.05) is 12.3 Å². The van der Waals surface area contributed by atoms with Crippen LogP contribution in [0.1, 0.15) is 34.8 Å². The van der Waals surface area contributed by atoms with E-state index in [0.29, 0.717) is 36.8 Å². The highest BCUT2D eigenvalue weighted by Crippen LogP contribution is 2.34. The SMILES string of the molecule is Cc1cc(CN2C(=O)C[C@H]3[C@@H]2CCN3C(=O)c2cccc(N)n2)no1. The molecule has 2 aromatic heterocycles. The van der Waals surface area contributed by atoms with Crippen molar-refractivity contribution in [3.63, 3.8) is 0 Å². The minimum absolute atomic E-state index is 0.00881. The van der Waals surface area contributed by atoms with E-state index in [1.54, 1.807) is 23.1 Å². The molecule has 2 aliphatic rings. The van der Waals surface area contributed by atoms with Crippen molar-refractivity contribution in [3.05, 3.63) is 41.4 Å². The Morgan fingerprint density at radius 3 is 2.96 bits per heavy atom. The number of fused-ring (bicyclic) bond motifs is 1. The number of hydrogen-bond acceptors (Lipinski definition) is 6. The molecule has 2 N–H and O–H groups in total. The van der Waals surface area contributed by atoms with Gasteiger partial charge in [0, 0.05) is 19.0 Å². The number of rotatable bonds is 3. The second-order valence-electron chi connectivity index (χ2n) is 6.52. The summed E-state index contributed by atoms with van der Waals surface area (Å²) in [5.74, 6) is 0.890.